The molecule has 1 aromatic rings. The predicted molar refractivity (Wildman–Crippen MR) is 82.1 cm³/mol. The van der Waals surface area contributed by atoms with Gasteiger partial charge in [-0.1, -0.05) is 18.9 Å². The molecule has 1 amide bonds. The Morgan fingerprint density at radius 1 is 1.50 bits per heavy atom. The Bertz CT molecular complexity index is 564. The summed E-state index contributed by atoms with van der Waals surface area (Å²) in [6.07, 6.45) is 4.40. The lowest BCUT2D eigenvalue weighted by Crippen LogP contribution is -2.47. The molecule has 120 valence electrons. The van der Waals surface area contributed by atoms with Gasteiger partial charge in [0.25, 0.3) is 0 Å². The fourth-order valence-electron chi connectivity index (χ4n) is 3.87. The monoisotopic (exact) mass is 306 g/mol. The van der Waals surface area contributed by atoms with Crippen molar-refractivity contribution in [2.24, 2.45) is 11.3 Å². The SMILES string of the molecule is COc1ccc(CNC(=O)[C@@]23CCCC[C@H]2CNC3)cc1F. The average Bonchev–Trinajstić information content (AvgIpc) is 2.98. The third-order valence-electron chi connectivity index (χ3n) is 5.16. The van der Waals surface area contributed by atoms with Crippen molar-refractivity contribution in [3.63, 3.8) is 0 Å². The molecule has 1 saturated heterocycles. The van der Waals surface area contributed by atoms with Crippen LogP contribution in [0.15, 0.2) is 18.2 Å². The summed E-state index contributed by atoms with van der Waals surface area (Å²) in [7, 11) is 1.44. The van der Waals surface area contributed by atoms with Gasteiger partial charge in [0.05, 0.1) is 12.5 Å². The van der Waals surface area contributed by atoms with Crippen molar-refractivity contribution in [1.82, 2.24) is 10.6 Å². The van der Waals surface area contributed by atoms with Crippen molar-refractivity contribution in [3.8, 4) is 5.75 Å². The van der Waals surface area contributed by atoms with Crippen molar-refractivity contribution >= 4 is 5.91 Å². The molecule has 1 heterocycles. The Labute approximate surface area is 130 Å². The Balaban J connectivity index is 1.66. The van der Waals surface area contributed by atoms with Crippen molar-refractivity contribution < 1.29 is 13.9 Å². The quantitative estimate of drug-likeness (QED) is 0.897. The summed E-state index contributed by atoms with van der Waals surface area (Å²) in [5.74, 6) is 0.374. The number of methoxy groups -OCH3 is 1. The van der Waals surface area contributed by atoms with Crippen LogP contribution in [-0.4, -0.2) is 26.1 Å². The van der Waals surface area contributed by atoms with Crippen LogP contribution in [0.2, 0.25) is 0 Å². The summed E-state index contributed by atoms with van der Waals surface area (Å²) < 4.78 is 18.6. The van der Waals surface area contributed by atoms with Gasteiger partial charge in [-0.05, 0) is 43.0 Å². The van der Waals surface area contributed by atoms with Crippen LogP contribution >= 0.6 is 0 Å². The maximum absolute atomic E-state index is 13.7. The van der Waals surface area contributed by atoms with Crippen LogP contribution < -0.4 is 15.4 Å². The number of benzene rings is 1. The molecule has 5 heteroatoms. The number of hydrogen-bond donors (Lipinski definition) is 2. The van der Waals surface area contributed by atoms with Gasteiger partial charge in [0.2, 0.25) is 5.91 Å². The van der Waals surface area contributed by atoms with E-state index in [0.29, 0.717) is 12.5 Å². The van der Waals surface area contributed by atoms with E-state index in [2.05, 4.69) is 10.6 Å². The smallest absolute Gasteiger partial charge is 0.228 e. The van der Waals surface area contributed by atoms with Crippen LogP contribution in [0.4, 0.5) is 4.39 Å². The van der Waals surface area contributed by atoms with Crippen molar-refractivity contribution in [3.05, 3.63) is 29.6 Å². The Morgan fingerprint density at radius 2 is 2.36 bits per heavy atom. The van der Waals surface area contributed by atoms with Gasteiger partial charge in [0, 0.05) is 13.1 Å². The summed E-state index contributed by atoms with van der Waals surface area (Å²) in [5.41, 5.74) is 0.491. The molecular weight excluding hydrogens is 283 g/mol. The molecule has 2 atom stereocenters. The second kappa shape index (κ2) is 6.24. The van der Waals surface area contributed by atoms with E-state index in [-0.39, 0.29) is 17.1 Å². The molecule has 0 spiro atoms. The van der Waals surface area contributed by atoms with Gasteiger partial charge in [0.1, 0.15) is 0 Å². The van der Waals surface area contributed by atoms with Crippen LogP contribution in [0.5, 0.6) is 5.75 Å². The van der Waals surface area contributed by atoms with Crippen molar-refractivity contribution in [1.29, 1.82) is 0 Å². The van der Waals surface area contributed by atoms with Crippen molar-refractivity contribution in [2.75, 3.05) is 20.2 Å². The number of carbonyl (C=O) groups excluding carboxylic acids is 1. The zero-order valence-corrected chi connectivity index (χ0v) is 13.0. The minimum absolute atomic E-state index is 0.110. The number of hydrogen-bond acceptors (Lipinski definition) is 3. The molecule has 0 radical (unpaired) electrons. The van der Waals surface area contributed by atoms with Gasteiger partial charge in [-0.25, -0.2) is 4.39 Å². The number of nitrogens with one attached hydrogen (secondary N) is 2. The van der Waals surface area contributed by atoms with E-state index >= 15 is 0 Å². The predicted octanol–water partition coefficient (Wildman–Crippen LogP) is 2.23. The number of halogens is 1. The standard InChI is InChI=1S/C17H23FN2O2/c1-22-15-6-5-12(8-14(15)18)9-20-16(21)17-7-3-2-4-13(17)10-19-11-17/h5-6,8,13,19H,2-4,7,9-11H2,1H3,(H,20,21)/t13-,17+/m0/s1. The molecule has 2 aliphatic rings. The fraction of sp³-hybridized carbons (Fsp3) is 0.588. The number of amides is 1. The highest BCUT2D eigenvalue weighted by Gasteiger charge is 2.49. The van der Waals surface area contributed by atoms with Crippen LogP contribution in [-0.2, 0) is 11.3 Å². The summed E-state index contributed by atoms with van der Waals surface area (Å²) in [4.78, 5) is 12.7. The highest BCUT2D eigenvalue weighted by Crippen LogP contribution is 2.43. The van der Waals surface area contributed by atoms with Gasteiger partial charge in [0.15, 0.2) is 11.6 Å². The maximum Gasteiger partial charge on any atom is 0.228 e. The molecule has 0 unspecified atom stereocenters. The molecule has 1 aliphatic heterocycles. The van der Waals surface area contributed by atoms with Crippen LogP contribution in [0.3, 0.4) is 0 Å². The fourth-order valence-corrected chi connectivity index (χ4v) is 3.87. The first-order chi connectivity index (χ1) is 10.7. The summed E-state index contributed by atoms with van der Waals surface area (Å²) in [6.45, 7) is 2.05. The summed E-state index contributed by atoms with van der Waals surface area (Å²) in [5, 5.41) is 6.38. The average molecular weight is 306 g/mol. The number of fused-ring (bicyclic) bond motifs is 1. The lowest BCUT2D eigenvalue weighted by Gasteiger charge is -2.37. The molecule has 3 rings (SSSR count). The van der Waals surface area contributed by atoms with E-state index in [1.165, 1.54) is 19.6 Å². The van der Waals surface area contributed by atoms with E-state index in [1.54, 1.807) is 12.1 Å². The van der Waals surface area contributed by atoms with Gasteiger partial charge in [-0.2, -0.15) is 0 Å². The third kappa shape index (κ3) is 2.70. The molecule has 2 fully saturated rings. The Morgan fingerprint density at radius 3 is 3.14 bits per heavy atom. The lowest BCUT2D eigenvalue weighted by molar-refractivity contribution is -0.134. The first-order valence-electron chi connectivity index (χ1n) is 7.97. The third-order valence-corrected chi connectivity index (χ3v) is 5.16. The second-order valence-electron chi connectivity index (χ2n) is 6.38. The molecule has 0 aromatic heterocycles. The van der Waals surface area contributed by atoms with Crippen LogP contribution in [0, 0.1) is 17.2 Å². The minimum atomic E-state index is -0.398. The molecule has 1 saturated carbocycles. The molecule has 1 aliphatic carbocycles. The molecule has 2 N–H and O–H groups in total. The van der Waals surface area contributed by atoms with E-state index in [4.69, 9.17) is 4.74 Å². The maximum atomic E-state index is 13.7. The van der Waals surface area contributed by atoms with E-state index in [0.717, 1.165) is 37.9 Å². The normalized spacial score (nSPS) is 27.3. The largest absolute Gasteiger partial charge is 0.494 e. The Hall–Kier alpha value is -1.62. The molecule has 22 heavy (non-hydrogen) atoms. The number of rotatable bonds is 4. The van der Waals surface area contributed by atoms with E-state index < -0.39 is 5.82 Å². The van der Waals surface area contributed by atoms with Crippen LogP contribution in [0.1, 0.15) is 31.2 Å². The van der Waals surface area contributed by atoms with Gasteiger partial charge < -0.3 is 15.4 Å². The van der Waals surface area contributed by atoms with Crippen molar-refractivity contribution in [2.45, 2.75) is 32.2 Å². The van der Waals surface area contributed by atoms with Gasteiger partial charge in [-0.15, -0.1) is 0 Å². The number of carbonyl (C=O) groups is 1. The summed E-state index contributed by atoms with van der Waals surface area (Å²) >= 11 is 0. The minimum Gasteiger partial charge on any atom is -0.494 e. The molecule has 0 bridgehead atoms. The van der Waals surface area contributed by atoms with Crippen LogP contribution in [0.25, 0.3) is 0 Å². The Kier molecular flexibility index (Phi) is 4.34. The van der Waals surface area contributed by atoms with Gasteiger partial charge >= 0.3 is 0 Å². The highest BCUT2D eigenvalue weighted by molar-refractivity contribution is 5.83. The zero-order valence-electron chi connectivity index (χ0n) is 13.0. The zero-order chi connectivity index (χ0) is 15.6. The molecular formula is C17H23FN2O2. The summed E-state index contributed by atoms with van der Waals surface area (Å²) in [6, 6.07) is 4.79. The number of ether oxygens (including phenoxy) is 1. The first-order valence-corrected chi connectivity index (χ1v) is 7.97. The highest BCUT2D eigenvalue weighted by atomic mass is 19.1. The molecule has 1 aromatic carbocycles. The topological polar surface area (TPSA) is 50.4 Å². The molecule has 4 nitrogen and oxygen atoms in total. The first kappa shape index (κ1) is 15.3. The van der Waals surface area contributed by atoms with Gasteiger partial charge in [-0.3, -0.25) is 4.79 Å². The van der Waals surface area contributed by atoms with E-state index in [1.807, 2.05) is 0 Å². The second-order valence-corrected chi connectivity index (χ2v) is 6.38. The van der Waals surface area contributed by atoms with E-state index in [9.17, 15) is 9.18 Å². The lowest BCUT2D eigenvalue weighted by atomic mass is 9.67.